The van der Waals surface area contributed by atoms with Gasteiger partial charge in [0.25, 0.3) is 0 Å². The van der Waals surface area contributed by atoms with E-state index in [0.717, 1.165) is 5.69 Å². The van der Waals surface area contributed by atoms with Gasteiger partial charge in [0, 0.05) is 37.6 Å². The highest BCUT2D eigenvalue weighted by atomic mass is 32.2. The molecule has 2 aliphatic heterocycles. The maximum absolute atomic E-state index is 13.5. The van der Waals surface area contributed by atoms with E-state index in [0.29, 0.717) is 36.4 Å². The van der Waals surface area contributed by atoms with Crippen molar-refractivity contribution < 1.29 is 22.7 Å². The molecular weight excluding hydrogens is 442 g/mol. The summed E-state index contributed by atoms with van der Waals surface area (Å²) in [7, 11) is -0.566. The summed E-state index contributed by atoms with van der Waals surface area (Å²) in [5.41, 5.74) is 1.23. The Morgan fingerprint density at radius 2 is 1.94 bits per heavy atom. The third-order valence-corrected chi connectivity index (χ3v) is 8.43. The van der Waals surface area contributed by atoms with Gasteiger partial charge >= 0.3 is 0 Å². The molecule has 8 nitrogen and oxygen atoms in total. The first-order valence-electron chi connectivity index (χ1n) is 10.9. The normalized spacial score (nSPS) is 20.4. The van der Waals surface area contributed by atoms with Crippen molar-refractivity contribution in [3.05, 3.63) is 48.0 Å². The van der Waals surface area contributed by atoms with E-state index >= 15 is 0 Å². The van der Waals surface area contributed by atoms with Crippen LogP contribution in [0.15, 0.2) is 47.4 Å². The third kappa shape index (κ3) is 4.11. The molecule has 2 aromatic rings. The fourth-order valence-corrected chi connectivity index (χ4v) is 6.13. The first-order chi connectivity index (χ1) is 15.6. The minimum absolute atomic E-state index is 0.0701. The molecule has 0 bridgehead atoms. The van der Waals surface area contributed by atoms with Gasteiger partial charge in [-0.1, -0.05) is 6.07 Å². The second kappa shape index (κ2) is 8.46. The Kier molecular flexibility index (Phi) is 5.96. The number of fused-ring (bicyclic) bond motifs is 1. The van der Waals surface area contributed by atoms with E-state index in [1.165, 1.54) is 4.31 Å². The molecule has 1 fully saturated rings. The molecule has 1 saturated heterocycles. The first-order valence-corrected chi connectivity index (χ1v) is 12.4. The van der Waals surface area contributed by atoms with Crippen LogP contribution in [0.25, 0.3) is 0 Å². The van der Waals surface area contributed by atoms with Crippen molar-refractivity contribution in [1.29, 1.82) is 0 Å². The smallest absolute Gasteiger partial charge is 0.243 e. The minimum atomic E-state index is -3.82. The maximum atomic E-state index is 13.5. The Balaban J connectivity index is 1.54. The van der Waals surface area contributed by atoms with E-state index in [-0.39, 0.29) is 23.3 Å². The summed E-state index contributed by atoms with van der Waals surface area (Å²) >= 11 is 0. The highest BCUT2D eigenvalue weighted by Crippen LogP contribution is 2.42. The fourth-order valence-electron chi connectivity index (χ4n) is 4.58. The summed E-state index contributed by atoms with van der Waals surface area (Å²) in [4.78, 5) is 27.1. The Bertz CT molecular complexity index is 1210. The summed E-state index contributed by atoms with van der Waals surface area (Å²) in [6.45, 7) is 4.06. The monoisotopic (exact) mass is 471 g/mol. The highest BCUT2D eigenvalue weighted by molar-refractivity contribution is 7.89. The molecule has 4 rings (SSSR count). The molecule has 2 aromatic carbocycles. The molecule has 0 spiro atoms. The van der Waals surface area contributed by atoms with Gasteiger partial charge in [0.2, 0.25) is 21.8 Å². The van der Waals surface area contributed by atoms with E-state index in [1.807, 2.05) is 0 Å². The zero-order valence-electron chi connectivity index (χ0n) is 19.3. The van der Waals surface area contributed by atoms with E-state index in [9.17, 15) is 18.0 Å². The molecule has 0 unspecified atom stereocenters. The number of amides is 2. The second-order valence-electron chi connectivity index (χ2n) is 9.09. The van der Waals surface area contributed by atoms with E-state index < -0.39 is 21.4 Å². The van der Waals surface area contributed by atoms with Gasteiger partial charge in [0.05, 0.1) is 23.3 Å². The van der Waals surface area contributed by atoms with Crippen molar-refractivity contribution in [3.8, 4) is 5.75 Å². The number of nitrogens with one attached hydrogen (secondary N) is 1. The molecule has 2 aliphatic rings. The van der Waals surface area contributed by atoms with Crippen molar-refractivity contribution >= 4 is 33.2 Å². The Hall–Kier alpha value is -2.91. The number of piperidine rings is 1. The van der Waals surface area contributed by atoms with Crippen LogP contribution in [0.1, 0.15) is 32.3 Å². The Labute approximate surface area is 194 Å². The zero-order valence-corrected chi connectivity index (χ0v) is 20.1. The summed E-state index contributed by atoms with van der Waals surface area (Å²) in [6, 6.07) is 11.9. The summed E-state index contributed by atoms with van der Waals surface area (Å²) in [6.07, 6.45) is 1.20. The van der Waals surface area contributed by atoms with Crippen molar-refractivity contribution in [2.75, 3.05) is 37.5 Å². The number of carbonyl (C=O) groups is 2. The maximum Gasteiger partial charge on any atom is 0.243 e. The van der Waals surface area contributed by atoms with E-state index in [2.05, 4.69) is 5.32 Å². The molecule has 2 amide bonds. The van der Waals surface area contributed by atoms with Crippen molar-refractivity contribution in [2.24, 2.45) is 5.92 Å². The van der Waals surface area contributed by atoms with Gasteiger partial charge in [0.15, 0.2) is 0 Å². The molecular formula is C24H29N3O5S. The number of sulfonamides is 1. The van der Waals surface area contributed by atoms with Crippen LogP contribution in [0.4, 0.5) is 11.4 Å². The SMILES string of the molecule is COc1cccc(NC(=O)[C@@H]2CCCN(S(=O)(=O)c3ccc4c(c3)C(C)(C)C(=O)N4C)C2)c1. The molecule has 0 saturated carbocycles. The van der Waals surface area contributed by atoms with Gasteiger partial charge < -0.3 is 15.0 Å². The van der Waals surface area contributed by atoms with Crippen molar-refractivity contribution in [1.82, 2.24) is 4.31 Å². The van der Waals surface area contributed by atoms with Crippen LogP contribution in [0.3, 0.4) is 0 Å². The van der Waals surface area contributed by atoms with Gasteiger partial charge in [-0.3, -0.25) is 9.59 Å². The lowest BCUT2D eigenvalue weighted by Crippen LogP contribution is -2.43. The molecule has 176 valence electrons. The van der Waals surface area contributed by atoms with Crippen LogP contribution in [-0.4, -0.2) is 51.8 Å². The number of rotatable bonds is 5. The number of hydrogen-bond donors (Lipinski definition) is 1. The summed E-state index contributed by atoms with van der Waals surface area (Å²) in [5, 5.41) is 2.87. The number of hydrogen-bond acceptors (Lipinski definition) is 5. The van der Waals surface area contributed by atoms with Gasteiger partial charge in [-0.25, -0.2) is 8.42 Å². The van der Waals surface area contributed by atoms with Gasteiger partial charge in [-0.05, 0) is 62.6 Å². The number of benzene rings is 2. The van der Waals surface area contributed by atoms with Crippen molar-refractivity contribution in [2.45, 2.75) is 37.0 Å². The third-order valence-electron chi connectivity index (χ3n) is 6.57. The quantitative estimate of drug-likeness (QED) is 0.723. The predicted molar refractivity (Wildman–Crippen MR) is 126 cm³/mol. The average Bonchev–Trinajstić information content (AvgIpc) is 2.99. The highest BCUT2D eigenvalue weighted by Gasteiger charge is 2.43. The van der Waals surface area contributed by atoms with Gasteiger partial charge in [-0.2, -0.15) is 4.31 Å². The Morgan fingerprint density at radius 3 is 2.67 bits per heavy atom. The standard InChI is InChI=1S/C24H29N3O5S/c1-24(2)20-14-19(10-11-21(20)26(3)23(24)29)33(30,31)27-12-6-7-16(15-27)22(28)25-17-8-5-9-18(13-17)32-4/h5,8-11,13-14,16H,6-7,12,15H2,1-4H3,(H,25,28)/t16-/m1/s1. The molecule has 9 heteroatoms. The first kappa shape index (κ1) is 23.3. The van der Waals surface area contributed by atoms with Crippen LogP contribution in [0.5, 0.6) is 5.75 Å². The molecule has 1 N–H and O–H groups in total. The minimum Gasteiger partial charge on any atom is -0.497 e. The molecule has 0 radical (unpaired) electrons. The van der Waals surface area contributed by atoms with E-state index in [1.54, 1.807) is 75.4 Å². The number of methoxy groups -OCH3 is 1. The number of anilines is 2. The number of carbonyl (C=O) groups excluding carboxylic acids is 2. The second-order valence-corrected chi connectivity index (χ2v) is 11.0. The molecule has 0 aromatic heterocycles. The van der Waals surface area contributed by atoms with Crippen LogP contribution in [-0.2, 0) is 25.0 Å². The number of ether oxygens (including phenoxy) is 1. The number of nitrogens with zero attached hydrogens (tertiary/aromatic N) is 2. The lowest BCUT2D eigenvalue weighted by molar-refractivity contribution is -0.122. The predicted octanol–water partition coefficient (Wildman–Crippen LogP) is 2.99. The van der Waals surface area contributed by atoms with E-state index in [4.69, 9.17) is 4.74 Å². The number of likely N-dealkylation sites (N-methyl/N-ethyl adjacent to an activating group) is 1. The van der Waals surface area contributed by atoms with Crippen LogP contribution in [0, 0.1) is 5.92 Å². The Morgan fingerprint density at radius 1 is 1.18 bits per heavy atom. The van der Waals surface area contributed by atoms with Crippen LogP contribution >= 0.6 is 0 Å². The van der Waals surface area contributed by atoms with Gasteiger partial charge in [0.1, 0.15) is 5.75 Å². The average molecular weight is 472 g/mol. The summed E-state index contributed by atoms with van der Waals surface area (Å²) in [5.74, 6) is -0.118. The van der Waals surface area contributed by atoms with Crippen LogP contribution < -0.4 is 15.0 Å². The molecule has 0 aliphatic carbocycles. The topological polar surface area (TPSA) is 96.0 Å². The zero-order chi connectivity index (χ0) is 24.0. The lowest BCUT2D eigenvalue weighted by Gasteiger charge is -2.31. The van der Waals surface area contributed by atoms with Gasteiger partial charge in [-0.15, -0.1) is 0 Å². The fraction of sp³-hybridized carbons (Fsp3) is 0.417. The summed E-state index contributed by atoms with van der Waals surface area (Å²) < 4.78 is 33.5. The molecule has 1 atom stereocenters. The largest absolute Gasteiger partial charge is 0.497 e. The van der Waals surface area contributed by atoms with Crippen molar-refractivity contribution in [3.63, 3.8) is 0 Å². The molecule has 33 heavy (non-hydrogen) atoms. The van der Waals surface area contributed by atoms with Crippen LogP contribution in [0.2, 0.25) is 0 Å². The lowest BCUT2D eigenvalue weighted by atomic mass is 9.86. The molecule has 2 heterocycles.